The van der Waals surface area contributed by atoms with Gasteiger partial charge in [0.15, 0.2) is 5.13 Å². The number of aliphatic hydroxyl groups excluding tert-OH is 1. The lowest BCUT2D eigenvalue weighted by Gasteiger charge is -2.16. The van der Waals surface area contributed by atoms with Gasteiger partial charge >= 0.3 is 0 Å². The third-order valence-corrected chi connectivity index (χ3v) is 5.61. The van der Waals surface area contributed by atoms with Gasteiger partial charge in [-0.1, -0.05) is 25.2 Å². The SMILES string of the molecule is CC(C)C1CCN(c2nc3c(s2)C(O)CCC3)C1. The molecule has 3 nitrogen and oxygen atoms in total. The Labute approximate surface area is 113 Å². The first kappa shape index (κ1) is 12.4. The Balaban J connectivity index is 1.78. The van der Waals surface area contributed by atoms with E-state index >= 15 is 0 Å². The third kappa shape index (κ3) is 2.16. The number of hydrogen-bond acceptors (Lipinski definition) is 4. The van der Waals surface area contributed by atoms with Gasteiger partial charge < -0.3 is 10.0 Å². The van der Waals surface area contributed by atoms with E-state index in [2.05, 4.69) is 18.7 Å². The van der Waals surface area contributed by atoms with Crippen molar-refractivity contribution in [3.8, 4) is 0 Å². The number of aromatic nitrogens is 1. The molecule has 0 saturated carbocycles. The molecule has 0 aromatic carbocycles. The molecule has 1 aliphatic heterocycles. The highest BCUT2D eigenvalue weighted by Gasteiger charge is 2.29. The minimum Gasteiger partial charge on any atom is -0.388 e. The molecule has 2 unspecified atom stereocenters. The number of thiazole rings is 1. The second kappa shape index (κ2) is 4.82. The molecule has 0 spiro atoms. The average Bonchev–Trinajstić information content (AvgIpc) is 2.95. The molecule has 3 rings (SSSR count). The van der Waals surface area contributed by atoms with Crippen LogP contribution in [0.25, 0.3) is 0 Å². The Hall–Kier alpha value is -0.610. The molecule has 1 N–H and O–H groups in total. The van der Waals surface area contributed by atoms with E-state index in [-0.39, 0.29) is 6.10 Å². The van der Waals surface area contributed by atoms with Crippen LogP contribution in [-0.4, -0.2) is 23.2 Å². The summed E-state index contributed by atoms with van der Waals surface area (Å²) in [5.74, 6) is 1.56. The van der Waals surface area contributed by atoms with E-state index in [1.54, 1.807) is 11.3 Å². The molecule has 2 atom stereocenters. The van der Waals surface area contributed by atoms with Crippen LogP contribution in [0.1, 0.15) is 49.8 Å². The number of anilines is 1. The molecule has 0 bridgehead atoms. The van der Waals surface area contributed by atoms with Crippen LogP contribution in [-0.2, 0) is 6.42 Å². The quantitative estimate of drug-likeness (QED) is 0.894. The maximum atomic E-state index is 10.0. The van der Waals surface area contributed by atoms with E-state index in [0.29, 0.717) is 0 Å². The number of rotatable bonds is 2. The molecule has 2 heterocycles. The van der Waals surface area contributed by atoms with Crippen LogP contribution in [0.2, 0.25) is 0 Å². The van der Waals surface area contributed by atoms with Gasteiger partial charge in [0.25, 0.3) is 0 Å². The van der Waals surface area contributed by atoms with Gasteiger partial charge in [-0.25, -0.2) is 4.98 Å². The number of aryl methyl sites for hydroxylation is 1. The van der Waals surface area contributed by atoms with Crippen molar-refractivity contribution in [2.75, 3.05) is 18.0 Å². The zero-order valence-corrected chi connectivity index (χ0v) is 12.0. The fourth-order valence-electron chi connectivity index (χ4n) is 3.02. The number of fused-ring (bicyclic) bond motifs is 1. The van der Waals surface area contributed by atoms with Crippen LogP contribution in [0.15, 0.2) is 0 Å². The Kier molecular flexibility index (Phi) is 3.32. The van der Waals surface area contributed by atoms with Gasteiger partial charge in [0.05, 0.1) is 16.7 Å². The Morgan fingerprint density at radius 3 is 2.89 bits per heavy atom. The van der Waals surface area contributed by atoms with Crippen molar-refractivity contribution in [2.24, 2.45) is 11.8 Å². The Morgan fingerprint density at radius 1 is 1.39 bits per heavy atom. The summed E-state index contributed by atoms with van der Waals surface area (Å²) in [6, 6.07) is 0. The maximum Gasteiger partial charge on any atom is 0.185 e. The number of hydrogen-bond donors (Lipinski definition) is 1. The summed E-state index contributed by atoms with van der Waals surface area (Å²) in [7, 11) is 0. The van der Waals surface area contributed by atoms with E-state index in [9.17, 15) is 5.11 Å². The topological polar surface area (TPSA) is 36.4 Å². The largest absolute Gasteiger partial charge is 0.388 e. The number of nitrogens with zero attached hydrogens (tertiary/aromatic N) is 2. The normalized spacial score (nSPS) is 27.9. The summed E-state index contributed by atoms with van der Waals surface area (Å²) in [6.45, 7) is 6.89. The van der Waals surface area contributed by atoms with Gasteiger partial charge in [-0.05, 0) is 37.5 Å². The molecule has 2 aliphatic rings. The summed E-state index contributed by atoms with van der Waals surface area (Å²) in [5.41, 5.74) is 1.15. The van der Waals surface area contributed by atoms with E-state index in [1.165, 1.54) is 6.42 Å². The lowest BCUT2D eigenvalue weighted by Crippen LogP contribution is -2.20. The van der Waals surface area contributed by atoms with Gasteiger partial charge in [0, 0.05) is 13.1 Å². The fourth-order valence-corrected chi connectivity index (χ4v) is 4.19. The smallest absolute Gasteiger partial charge is 0.185 e. The molecule has 4 heteroatoms. The van der Waals surface area contributed by atoms with Crippen LogP contribution >= 0.6 is 11.3 Å². The molecule has 1 fully saturated rings. The molecule has 1 aliphatic carbocycles. The molecule has 1 saturated heterocycles. The van der Waals surface area contributed by atoms with Crippen molar-refractivity contribution in [2.45, 2.75) is 45.6 Å². The van der Waals surface area contributed by atoms with Gasteiger partial charge in [0.2, 0.25) is 0 Å². The first-order valence-corrected chi connectivity index (χ1v) is 7.89. The molecular weight excluding hydrogens is 244 g/mol. The minimum atomic E-state index is -0.261. The second-order valence-electron chi connectivity index (χ2n) is 5.95. The molecular formula is C14H22N2OS. The summed E-state index contributed by atoms with van der Waals surface area (Å²) >= 11 is 1.72. The van der Waals surface area contributed by atoms with Crippen molar-refractivity contribution < 1.29 is 5.11 Å². The van der Waals surface area contributed by atoms with Crippen LogP contribution in [0.3, 0.4) is 0 Å². The number of aliphatic hydroxyl groups is 1. The zero-order valence-electron chi connectivity index (χ0n) is 11.2. The highest BCUT2D eigenvalue weighted by Crippen LogP contribution is 2.39. The van der Waals surface area contributed by atoms with E-state index in [4.69, 9.17) is 4.98 Å². The van der Waals surface area contributed by atoms with Crippen LogP contribution in [0.5, 0.6) is 0 Å². The minimum absolute atomic E-state index is 0.261. The Bertz CT molecular complexity index is 429. The van der Waals surface area contributed by atoms with E-state index in [1.807, 2.05) is 0 Å². The first-order chi connectivity index (χ1) is 8.65. The van der Waals surface area contributed by atoms with Gasteiger partial charge in [-0.3, -0.25) is 0 Å². The van der Waals surface area contributed by atoms with E-state index in [0.717, 1.165) is 59.9 Å². The van der Waals surface area contributed by atoms with E-state index < -0.39 is 0 Å². The zero-order chi connectivity index (χ0) is 12.7. The molecule has 100 valence electrons. The predicted octanol–water partition coefficient (Wildman–Crippen LogP) is 3.00. The third-order valence-electron chi connectivity index (χ3n) is 4.35. The highest BCUT2D eigenvalue weighted by atomic mass is 32.1. The average molecular weight is 266 g/mol. The molecule has 1 aromatic heterocycles. The van der Waals surface area contributed by atoms with Crippen molar-refractivity contribution in [1.82, 2.24) is 4.98 Å². The summed E-state index contributed by atoms with van der Waals surface area (Å²) in [6.07, 6.45) is 4.05. The van der Waals surface area contributed by atoms with Crippen LogP contribution in [0.4, 0.5) is 5.13 Å². The first-order valence-electron chi connectivity index (χ1n) is 7.07. The predicted molar refractivity (Wildman–Crippen MR) is 75.2 cm³/mol. The molecule has 0 amide bonds. The monoisotopic (exact) mass is 266 g/mol. The van der Waals surface area contributed by atoms with Gasteiger partial charge in [-0.15, -0.1) is 0 Å². The summed E-state index contributed by atoms with van der Waals surface area (Å²) < 4.78 is 0. The standard InChI is InChI=1S/C14H22N2OS/c1-9(2)10-6-7-16(8-10)14-15-11-4-3-5-12(17)13(11)18-14/h9-10,12,17H,3-8H2,1-2H3. The highest BCUT2D eigenvalue weighted by molar-refractivity contribution is 7.15. The lowest BCUT2D eigenvalue weighted by molar-refractivity contribution is 0.160. The fraction of sp³-hybridized carbons (Fsp3) is 0.786. The molecule has 1 aromatic rings. The Morgan fingerprint density at radius 2 is 2.22 bits per heavy atom. The van der Waals surface area contributed by atoms with Crippen LogP contribution < -0.4 is 4.90 Å². The van der Waals surface area contributed by atoms with Crippen molar-refractivity contribution >= 4 is 16.5 Å². The van der Waals surface area contributed by atoms with Crippen molar-refractivity contribution in [3.63, 3.8) is 0 Å². The second-order valence-corrected chi connectivity index (χ2v) is 6.96. The summed E-state index contributed by atoms with van der Waals surface area (Å²) in [5, 5.41) is 11.2. The summed E-state index contributed by atoms with van der Waals surface area (Å²) in [4.78, 5) is 8.31. The van der Waals surface area contributed by atoms with Crippen molar-refractivity contribution in [1.29, 1.82) is 0 Å². The van der Waals surface area contributed by atoms with Gasteiger partial charge in [0.1, 0.15) is 0 Å². The lowest BCUT2D eigenvalue weighted by atomic mass is 9.95. The van der Waals surface area contributed by atoms with Crippen LogP contribution in [0, 0.1) is 11.8 Å². The van der Waals surface area contributed by atoms with Gasteiger partial charge in [-0.2, -0.15) is 0 Å². The molecule has 0 radical (unpaired) electrons. The van der Waals surface area contributed by atoms with Crippen molar-refractivity contribution in [3.05, 3.63) is 10.6 Å². The molecule has 18 heavy (non-hydrogen) atoms. The maximum absolute atomic E-state index is 10.0.